The number of benzene rings is 7. The van der Waals surface area contributed by atoms with E-state index < -0.39 is 0 Å². The molecule has 284 valence electrons. The van der Waals surface area contributed by atoms with Gasteiger partial charge in [-0.3, -0.25) is 0 Å². The van der Waals surface area contributed by atoms with Crippen LogP contribution in [-0.2, 0) is 21.7 Å². The van der Waals surface area contributed by atoms with Crippen LogP contribution in [0.25, 0.3) is 44.5 Å². The van der Waals surface area contributed by atoms with Gasteiger partial charge in [0.2, 0.25) is 0 Å². The summed E-state index contributed by atoms with van der Waals surface area (Å²) in [5, 5.41) is 0. The lowest BCUT2D eigenvalue weighted by Crippen LogP contribution is -2.24. The van der Waals surface area contributed by atoms with Gasteiger partial charge in [-0.1, -0.05) is 178 Å². The summed E-state index contributed by atoms with van der Waals surface area (Å²) in [6.07, 6.45) is 0. The molecular formula is C56H55N. The molecule has 0 saturated carbocycles. The van der Waals surface area contributed by atoms with Gasteiger partial charge >= 0.3 is 0 Å². The maximum absolute atomic E-state index is 2.58. The van der Waals surface area contributed by atoms with E-state index in [1.807, 2.05) is 0 Å². The van der Waals surface area contributed by atoms with Gasteiger partial charge in [0.15, 0.2) is 0 Å². The minimum absolute atomic E-state index is 0.0129. The number of nitrogens with zero attached hydrogens (tertiary/aromatic N) is 1. The van der Waals surface area contributed by atoms with Crippen LogP contribution >= 0.6 is 0 Å². The van der Waals surface area contributed by atoms with Gasteiger partial charge in [0.25, 0.3) is 0 Å². The molecule has 0 spiro atoms. The van der Waals surface area contributed by atoms with Crippen molar-refractivity contribution in [2.24, 2.45) is 0 Å². The van der Waals surface area contributed by atoms with Gasteiger partial charge in [-0.05, 0) is 126 Å². The standard InChI is InChI=1S/C56H55N/c1-53(2,3)40-32-44-43-34-48-45(35-47(43)56(9,10)52(44)49(33-40)54(4,5)6)51-46(55(48,7)8)22-17-23-50(51)57(41-28-24-38(25-29-41)36-18-13-11-14-19-36)42-30-26-39(27-31-42)37-20-15-12-16-21-37/h11-35H,1-10H3. The van der Waals surface area contributed by atoms with Crippen molar-refractivity contribution in [3.8, 4) is 44.5 Å². The fourth-order valence-corrected chi connectivity index (χ4v) is 9.72. The highest BCUT2D eigenvalue weighted by Crippen LogP contribution is 2.60. The van der Waals surface area contributed by atoms with Crippen LogP contribution in [0.4, 0.5) is 17.1 Å². The predicted molar refractivity (Wildman–Crippen MR) is 245 cm³/mol. The van der Waals surface area contributed by atoms with Crippen molar-refractivity contribution in [3.05, 3.63) is 185 Å². The average Bonchev–Trinajstić information content (AvgIpc) is 3.56. The van der Waals surface area contributed by atoms with Crippen LogP contribution in [0, 0.1) is 0 Å². The molecule has 0 aromatic heterocycles. The monoisotopic (exact) mass is 741 g/mol. The number of anilines is 3. The molecule has 0 unspecified atom stereocenters. The smallest absolute Gasteiger partial charge is 0.0543 e. The first kappa shape index (κ1) is 36.9. The molecule has 7 aromatic carbocycles. The van der Waals surface area contributed by atoms with E-state index >= 15 is 0 Å². The summed E-state index contributed by atoms with van der Waals surface area (Å²) in [5.41, 5.74) is 22.2. The van der Waals surface area contributed by atoms with Crippen molar-refractivity contribution in [3.63, 3.8) is 0 Å². The Morgan fingerprint density at radius 2 is 0.895 bits per heavy atom. The number of hydrogen-bond acceptors (Lipinski definition) is 1. The summed E-state index contributed by atoms with van der Waals surface area (Å²) in [5.74, 6) is 0. The Morgan fingerprint density at radius 3 is 1.40 bits per heavy atom. The van der Waals surface area contributed by atoms with E-state index in [9.17, 15) is 0 Å². The van der Waals surface area contributed by atoms with E-state index in [1.165, 1.54) is 83.6 Å². The van der Waals surface area contributed by atoms with Gasteiger partial charge in [-0.25, -0.2) is 0 Å². The van der Waals surface area contributed by atoms with Crippen LogP contribution in [-0.4, -0.2) is 0 Å². The van der Waals surface area contributed by atoms with E-state index in [1.54, 1.807) is 0 Å². The molecule has 2 aliphatic carbocycles. The van der Waals surface area contributed by atoms with Crippen LogP contribution in [0.5, 0.6) is 0 Å². The zero-order valence-corrected chi connectivity index (χ0v) is 35.4. The molecule has 0 amide bonds. The first-order valence-electron chi connectivity index (χ1n) is 20.7. The predicted octanol–water partition coefficient (Wildman–Crippen LogP) is 15.7. The fraction of sp³-hybridized carbons (Fsp3) is 0.250. The van der Waals surface area contributed by atoms with Crippen molar-refractivity contribution < 1.29 is 0 Å². The zero-order chi connectivity index (χ0) is 40.1. The van der Waals surface area contributed by atoms with Gasteiger partial charge in [-0.15, -0.1) is 0 Å². The first-order valence-corrected chi connectivity index (χ1v) is 20.7. The number of rotatable bonds is 5. The second-order valence-corrected chi connectivity index (χ2v) is 19.5. The molecule has 0 aliphatic heterocycles. The third-order valence-electron chi connectivity index (χ3n) is 12.9. The summed E-state index contributed by atoms with van der Waals surface area (Å²) in [6.45, 7) is 24.0. The van der Waals surface area contributed by atoms with E-state index in [0.29, 0.717) is 0 Å². The van der Waals surface area contributed by atoms with Crippen LogP contribution in [0.3, 0.4) is 0 Å². The normalized spacial score (nSPS) is 14.8. The largest absolute Gasteiger partial charge is 0.310 e. The summed E-state index contributed by atoms with van der Waals surface area (Å²) < 4.78 is 0. The lowest BCUT2D eigenvalue weighted by Gasteiger charge is -2.33. The maximum Gasteiger partial charge on any atom is 0.0543 e. The first-order chi connectivity index (χ1) is 27.0. The Kier molecular flexibility index (Phi) is 8.38. The molecule has 0 heterocycles. The number of hydrogen-bond donors (Lipinski definition) is 0. The number of fused-ring (bicyclic) bond motifs is 6. The van der Waals surface area contributed by atoms with Gasteiger partial charge in [0.1, 0.15) is 0 Å². The molecule has 0 N–H and O–H groups in total. The topological polar surface area (TPSA) is 3.24 Å². The highest BCUT2D eigenvalue weighted by Gasteiger charge is 2.45. The van der Waals surface area contributed by atoms with Crippen molar-refractivity contribution in [1.82, 2.24) is 0 Å². The van der Waals surface area contributed by atoms with Crippen LogP contribution in [0.1, 0.15) is 103 Å². The average molecular weight is 742 g/mol. The maximum atomic E-state index is 2.58. The molecule has 9 rings (SSSR count). The highest BCUT2D eigenvalue weighted by molar-refractivity contribution is 5.98. The summed E-state index contributed by atoms with van der Waals surface area (Å²) in [7, 11) is 0. The minimum Gasteiger partial charge on any atom is -0.310 e. The van der Waals surface area contributed by atoms with Crippen molar-refractivity contribution in [2.75, 3.05) is 4.90 Å². The highest BCUT2D eigenvalue weighted by atomic mass is 15.1. The molecule has 57 heavy (non-hydrogen) atoms. The van der Waals surface area contributed by atoms with Crippen molar-refractivity contribution in [2.45, 2.75) is 90.9 Å². The third-order valence-corrected chi connectivity index (χ3v) is 12.9. The Bertz CT molecular complexity index is 2560. The van der Waals surface area contributed by atoms with E-state index in [4.69, 9.17) is 0 Å². The molecule has 2 aliphatic rings. The van der Waals surface area contributed by atoms with Gasteiger partial charge < -0.3 is 4.90 Å². The quantitative estimate of drug-likeness (QED) is 0.170. The molecule has 0 bridgehead atoms. The van der Waals surface area contributed by atoms with Crippen LogP contribution < -0.4 is 4.90 Å². The van der Waals surface area contributed by atoms with Crippen LogP contribution in [0.15, 0.2) is 152 Å². The lowest BCUT2D eigenvalue weighted by atomic mass is 9.71. The summed E-state index contributed by atoms with van der Waals surface area (Å²) >= 11 is 0. The molecule has 0 atom stereocenters. The Hall–Kier alpha value is -5.66. The van der Waals surface area contributed by atoms with Gasteiger partial charge in [-0.2, -0.15) is 0 Å². The Labute approximate surface area is 341 Å². The zero-order valence-electron chi connectivity index (χ0n) is 35.4. The molecule has 0 saturated heterocycles. The summed E-state index contributed by atoms with van der Waals surface area (Å²) in [6, 6.07) is 56.7. The minimum atomic E-state index is -0.183. The Morgan fingerprint density at radius 1 is 0.404 bits per heavy atom. The van der Waals surface area contributed by atoms with Crippen molar-refractivity contribution >= 4 is 17.1 Å². The fourth-order valence-electron chi connectivity index (χ4n) is 9.72. The van der Waals surface area contributed by atoms with E-state index in [-0.39, 0.29) is 21.7 Å². The summed E-state index contributed by atoms with van der Waals surface area (Å²) in [4.78, 5) is 2.48. The molecule has 1 heteroatoms. The third kappa shape index (κ3) is 5.97. The Balaban J connectivity index is 1.25. The molecule has 7 aromatic rings. The van der Waals surface area contributed by atoms with Gasteiger partial charge in [0, 0.05) is 27.8 Å². The van der Waals surface area contributed by atoms with Crippen LogP contribution in [0.2, 0.25) is 0 Å². The van der Waals surface area contributed by atoms with Crippen molar-refractivity contribution in [1.29, 1.82) is 0 Å². The molecule has 0 radical (unpaired) electrons. The molecular weight excluding hydrogens is 687 g/mol. The van der Waals surface area contributed by atoms with E-state index in [0.717, 1.165) is 11.4 Å². The van der Waals surface area contributed by atoms with Gasteiger partial charge in [0.05, 0.1) is 5.69 Å². The molecule has 0 fully saturated rings. The lowest BCUT2D eigenvalue weighted by molar-refractivity contribution is 0.545. The van der Waals surface area contributed by atoms with E-state index in [2.05, 4.69) is 226 Å². The second kappa shape index (κ2) is 12.9. The molecule has 1 nitrogen and oxygen atoms in total. The SMILES string of the molecule is CC(C)(C)c1cc2c(c(C(C)(C)C)c1)C(C)(C)c1cc3c(cc1-2)C(C)(C)c1cccc(N(c2ccc(-c4ccccc4)cc2)c2ccc(-c4ccccc4)cc2)c1-3. The second-order valence-electron chi connectivity index (χ2n) is 19.5.